The molecule has 0 aliphatic rings. The van der Waals surface area contributed by atoms with E-state index < -0.39 is 0 Å². The molecule has 0 N–H and O–H groups in total. The fourth-order valence-electron chi connectivity index (χ4n) is 1.74. The molecule has 0 unspecified atom stereocenters. The van der Waals surface area contributed by atoms with Gasteiger partial charge in [-0.2, -0.15) is 0 Å². The van der Waals surface area contributed by atoms with Gasteiger partial charge >= 0.3 is 0 Å². The zero-order valence-electron chi connectivity index (χ0n) is 9.73. The first kappa shape index (κ1) is 13.1. The molecule has 2 aromatic rings. The van der Waals surface area contributed by atoms with Gasteiger partial charge in [0.15, 0.2) is 6.29 Å². The average Bonchev–Trinajstić information content (AvgIpc) is 2.74. The SMILES string of the molecule is CCc1c(C=O)nnn1Cc1ccc(Cl)cc1Cl. The number of hydrogen-bond acceptors (Lipinski definition) is 3. The molecule has 0 saturated heterocycles. The molecule has 0 fully saturated rings. The van der Waals surface area contributed by atoms with Crippen molar-refractivity contribution in [3.05, 3.63) is 45.2 Å². The zero-order valence-corrected chi connectivity index (χ0v) is 11.2. The molecule has 1 heterocycles. The van der Waals surface area contributed by atoms with Crippen molar-refractivity contribution in [3.63, 3.8) is 0 Å². The van der Waals surface area contributed by atoms with Crippen LogP contribution >= 0.6 is 23.2 Å². The van der Waals surface area contributed by atoms with Crippen molar-refractivity contribution in [1.29, 1.82) is 0 Å². The van der Waals surface area contributed by atoms with Gasteiger partial charge in [-0.1, -0.05) is 41.4 Å². The van der Waals surface area contributed by atoms with E-state index in [1.54, 1.807) is 16.8 Å². The number of carbonyl (C=O) groups excluding carboxylic acids is 1. The molecule has 0 saturated carbocycles. The summed E-state index contributed by atoms with van der Waals surface area (Å²) in [6.07, 6.45) is 1.40. The summed E-state index contributed by atoms with van der Waals surface area (Å²) in [6, 6.07) is 5.29. The van der Waals surface area contributed by atoms with Crippen molar-refractivity contribution in [2.75, 3.05) is 0 Å². The van der Waals surface area contributed by atoms with E-state index in [1.807, 2.05) is 13.0 Å². The minimum Gasteiger partial charge on any atom is -0.296 e. The van der Waals surface area contributed by atoms with Crippen LogP contribution in [-0.2, 0) is 13.0 Å². The maximum atomic E-state index is 10.8. The van der Waals surface area contributed by atoms with Crippen LogP contribution in [-0.4, -0.2) is 21.3 Å². The minimum absolute atomic E-state index is 0.377. The fourth-order valence-corrected chi connectivity index (χ4v) is 2.21. The van der Waals surface area contributed by atoms with Crippen LogP contribution in [0.1, 0.15) is 28.7 Å². The minimum atomic E-state index is 0.377. The van der Waals surface area contributed by atoms with Crippen LogP contribution in [0.2, 0.25) is 10.0 Å². The fraction of sp³-hybridized carbons (Fsp3) is 0.250. The summed E-state index contributed by atoms with van der Waals surface area (Å²) in [7, 11) is 0. The predicted octanol–water partition coefficient (Wildman–Crippen LogP) is 3.01. The van der Waals surface area contributed by atoms with E-state index in [2.05, 4.69) is 10.3 Å². The van der Waals surface area contributed by atoms with E-state index in [-0.39, 0.29) is 0 Å². The number of nitrogens with zero attached hydrogens (tertiary/aromatic N) is 3. The normalized spacial score (nSPS) is 10.6. The molecule has 6 heteroatoms. The smallest absolute Gasteiger partial charge is 0.172 e. The van der Waals surface area contributed by atoms with Gasteiger partial charge in [0.05, 0.1) is 12.2 Å². The Bertz CT molecular complexity index is 581. The number of benzene rings is 1. The average molecular weight is 284 g/mol. The highest BCUT2D eigenvalue weighted by Gasteiger charge is 2.11. The van der Waals surface area contributed by atoms with E-state index in [0.29, 0.717) is 35.0 Å². The van der Waals surface area contributed by atoms with Gasteiger partial charge < -0.3 is 0 Å². The number of carbonyl (C=O) groups is 1. The van der Waals surface area contributed by atoms with Crippen LogP contribution in [0.25, 0.3) is 0 Å². The molecule has 1 aromatic heterocycles. The van der Waals surface area contributed by atoms with Gasteiger partial charge in [-0.05, 0) is 24.1 Å². The molecule has 2 rings (SSSR count). The van der Waals surface area contributed by atoms with Crippen molar-refractivity contribution in [3.8, 4) is 0 Å². The third kappa shape index (κ3) is 2.54. The summed E-state index contributed by atoms with van der Waals surface area (Å²) in [5.41, 5.74) is 2.07. The van der Waals surface area contributed by atoms with Crippen molar-refractivity contribution in [1.82, 2.24) is 15.0 Å². The molecule has 4 nitrogen and oxygen atoms in total. The van der Waals surface area contributed by atoms with Gasteiger partial charge in [-0.3, -0.25) is 4.79 Å². The number of halogens is 2. The molecular formula is C12H11Cl2N3O. The molecule has 0 radical (unpaired) electrons. The lowest BCUT2D eigenvalue weighted by molar-refractivity contribution is 0.111. The monoisotopic (exact) mass is 283 g/mol. The van der Waals surface area contributed by atoms with Gasteiger partial charge in [-0.15, -0.1) is 5.10 Å². The number of rotatable bonds is 4. The second-order valence-electron chi connectivity index (χ2n) is 3.79. The number of aldehydes is 1. The largest absolute Gasteiger partial charge is 0.296 e. The second-order valence-corrected chi connectivity index (χ2v) is 4.63. The quantitative estimate of drug-likeness (QED) is 0.811. The maximum absolute atomic E-state index is 10.8. The van der Waals surface area contributed by atoms with Crippen LogP contribution < -0.4 is 0 Å². The topological polar surface area (TPSA) is 47.8 Å². The highest BCUT2D eigenvalue weighted by atomic mass is 35.5. The van der Waals surface area contributed by atoms with Gasteiger partial charge in [0.1, 0.15) is 5.69 Å². The Labute approximate surface area is 115 Å². The molecule has 18 heavy (non-hydrogen) atoms. The molecule has 0 amide bonds. The lowest BCUT2D eigenvalue weighted by atomic mass is 10.2. The Morgan fingerprint density at radius 1 is 1.39 bits per heavy atom. The van der Waals surface area contributed by atoms with E-state index in [4.69, 9.17) is 23.2 Å². The van der Waals surface area contributed by atoms with Gasteiger partial charge in [0.25, 0.3) is 0 Å². The standard InChI is InChI=1S/C12H11Cl2N3O/c1-2-12-11(7-18)15-16-17(12)6-8-3-4-9(13)5-10(8)14/h3-5,7H,2,6H2,1H3. The number of aromatic nitrogens is 3. The van der Waals surface area contributed by atoms with Gasteiger partial charge in [-0.25, -0.2) is 4.68 Å². The second kappa shape index (κ2) is 5.50. The van der Waals surface area contributed by atoms with Crippen molar-refractivity contribution in [2.45, 2.75) is 19.9 Å². The predicted molar refractivity (Wildman–Crippen MR) is 70.4 cm³/mol. The van der Waals surface area contributed by atoms with E-state index in [1.165, 1.54) is 0 Å². The molecule has 0 spiro atoms. The highest BCUT2D eigenvalue weighted by Crippen LogP contribution is 2.22. The molecule has 0 aliphatic carbocycles. The molecule has 1 aromatic carbocycles. The van der Waals surface area contributed by atoms with E-state index in [9.17, 15) is 4.79 Å². The third-order valence-electron chi connectivity index (χ3n) is 2.65. The van der Waals surface area contributed by atoms with Crippen molar-refractivity contribution < 1.29 is 4.79 Å². The van der Waals surface area contributed by atoms with Crippen molar-refractivity contribution in [2.24, 2.45) is 0 Å². The van der Waals surface area contributed by atoms with E-state index in [0.717, 1.165) is 11.3 Å². The maximum Gasteiger partial charge on any atom is 0.172 e. The first-order valence-electron chi connectivity index (χ1n) is 5.47. The summed E-state index contributed by atoms with van der Waals surface area (Å²) >= 11 is 11.9. The Morgan fingerprint density at radius 3 is 2.78 bits per heavy atom. The molecule has 0 aliphatic heterocycles. The zero-order chi connectivity index (χ0) is 13.1. The Kier molecular flexibility index (Phi) is 3.99. The Hall–Kier alpha value is -1.39. The lowest BCUT2D eigenvalue weighted by Crippen LogP contribution is -2.07. The number of hydrogen-bond donors (Lipinski definition) is 0. The lowest BCUT2D eigenvalue weighted by Gasteiger charge is -2.07. The van der Waals surface area contributed by atoms with Gasteiger partial charge in [0.2, 0.25) is 0 Å². The third-order valence-corrected chi connectivity index (χ3v) is 3.24. The van der Waals surface area contributed by atoms with Crippen LogP contribution in [0.3, 0.4) is 0 Å². The summed E-state index contributed by atoms with van der Waals surface area (Å²) in [4.78, 5) is 10.8. The van der Waals surface area contributed by atoms with Crippen LogP contribution in [0.15, 0.2) is 18.2 Å². The highest BCUT2D eigenvalue weighted by molar-refractivity contribution is 6.35. The summed E-state index contributed by atoms with van der Waals surface area (Å²) in [5.74, 6) is 0. The molecule has 94 valence electrons. The summed E-state index contributed by atoms with van der Waals surface area (Å²) < 4.78 is 1.68. The Balaban J connectivity index is 2.33. The first-order valence-corrected chi connectivity index (χ1v) is 6.22. The van der Waals surface area contributed by atoms with Crippen LogP contribution in [0.4, 0.5) is 0 Å². The van der Waals surface area contributed by atoms with Crippen LogP contribution in [0.5, 0.6) is 0 Å². The van der Waals surface area contributed by atoms with E-state index >= 15 is 0 Å². The molecular weight excluding hydrogens is 273 g/mol. The van der Waals surface area contributed by atoms with Crippen LogP contribution in [0, 0.1) is 0 Å². The van der Waals surface area contributed by atoms with Gasteiger partial charge in [0, 0.05) is 10.0 Å². The Morgan fingerprint density at radius 2 is 2.17 bits per heavy atom. The summed E-state index contributed by atoms with van der Waals surface area (Å²) in [5, 5.41) is 8.95. The summed E-state index contributed by atoms with van der Waals surface area (Å²) in [6.45, 7) is 2.42. The first-order chi connectivity index (χ1) is 8.65. The molecule has 0 bridgehead atoms. The molecule has 0 atom stereocenters. The van der Waals surface area contributed by atoms with Crippen molar-refractivity contribution >= 4 is 29.5 Å².